The van der Waals surface area contributed by atoms with E-state index in [0.29, 0.717) is 0 Å². The summed E-state index contributed by atoms with van der Waals surface area (Å²) in [5.74, 6) is 0. The van der Waals surface area contributed by atoms with Crippen LogP contribution in [0.15, 0.2) is 29.4 Å². The first-order valence-electron chi connectivity index (χ1n) is 4.92. The van der Waals surface area contributed by atoms with E-state index in [1.165, 1.54) is 0 Å². The van der Waals surface area contributed by atoms with Gasteiger partial charge in [0, 0.05) is 11.4 Å². The fourth-order valence-electron chi connectivity index (χ4n) is 1.68. The van der Waals surface area contributed by atoms with Gasteiger partial charge in [-0.1, -0.05) is 28.9 Å². The maximum atomic E-state index is 5.82. The molecule has 2 aliphatic heterocycles. The Bertz CT molecular complexity index is 398. The molecule has 4 heteroatoms. The molecular weight excluding hydrogens is 214 g/mol. The zero-order chi connectivity index (χ0) is 10.3. The second kappa shape index (κ2) is 3.51. The number of nitrogens with zero attached hydrogens (tertiary/aromatic N) is 1. The fraction of sp³-hybridized carbons (Fsp3) is 0.364. The van der Waals surface area contributed by atoms with Gasteiger partial charge < -0.3 is 9.57 Å². The third-order valence-corrected chi connectivity index (χ3v) is 2.89. The van der Waals surface area contributed by atoms with Crippen molar-refractivity contribution in [3.8, 4) is 0 Å². The minimum Gasteiger partial charge on any atom is -0.387 e. The first kappa shape index (κ1) is 9.19. The second-order valence-corrected chi connectivity index (χ2v) is 4.19. The van der Waals surface area contributed by atoms with Crippen molar-refractivity contribution in [3.63, 3.8) is 0 Å². The number of hydrogen-bond donors (Lipinski definition) is 0. The molecule has 1 fully saturated rings. The molecule has 2 atom stereocenters. The molecule has 1 aromatic carbocycles. The highest BCUT2D eigenvalue weighted by molar-refractivity contribution is 6.30. The second-order valence-electron chi connectivity index (χ2n) is 3.75. The molecule has 15 heavy (non-hydrogen) atoms. The molecule has 0 spiro atoms. The molecule has 3 rings (SSSR count). The van der Waals surface area contributed by atoms with Crippen LogP contribution in [0.4, 0.5) is 0 Å². The quantitative estimate of drug-likeness (QED) is 0.723. The molecule has 2 aliphatic rings. The molecule has 0 unspecified atom stereocenters. The van der Waals surface area contributed by atoms with Gasteiger partial charge in [0.1, 0.15) is 6.10 Å². The maximum absolute atomic E-state index is 5.82. The summed E-state index contributed by atoms with van der Waals surface area (Å²) in [5, 5.41) is 4.78. The highest BCUT2D eigenvalue weighted by atomic mass is 35.5. The summed E-state index contributed by atoms with van der Waals surface area (Å²) in [7, 11) is 0. The predicted octanol–water partition coefficient (Wildman–Crippen LogP) is 2.56. The Hall–Kier alpha value is -1.06. The molecule has 1 saturated heterocycles. The van der Waals surface area contributed by atoms with Gasteiger partial charge in [0.2, 0.25) is 0 Å². The van der Waals surface area contributed by atoms with E-state index in [9.17, 15) is 0 Å². The summed E-state index contributed by atoms with van der Waals surface area (Å²) < 4.78 is 5.16. The summed E-state index contributed by atoms with van der Waals surface area (Å²) in [4.78, 5) is 5.36. The van der Waals surface area contributed by atoms with Crippen molar-refractivity contribution >= 4 is 17.3 Å². The molecule has 1 aromatic rings. The first-order chi connectivity index (χ1) is 7.33. The van der Waals surface area contributed by atoms with E-state index in [4.69, 9.17) is 21.2 Å². The summed E-state index contributed by atoms with van der Waals surface area (Å²) >= 11 is 5.82. The maximum Gasteiger partial charge on any atom is 0.158 e. The average molecular weight is 224 g/mol. The van der Waals surface area contributed by atoms with E-state index in [-0.39, 0.29) is 12.2 Å². The SMILES string of the molecule is Clc1ccc([C@@H]2CC([C@H]3CO3)=NO2)cc1. The van der Waals surface area contributed by atoms with Crippen LogP contribution in [0.2, 0.25) is 5.02 Å². The molecule has 0 bridgehead atoms. The zero-order valence-corrected chi connectivity index (χ0v) is 8.78. The van der Waals surface area contributed by atoms with Gasteiger partial charge in [0.15, 0.2) is 6.10 Å². The number of hydrogen-bond acceptors (Lipinski definition) is 3. The lowest BCUT2D eigenvalue weighted by Crippen LogP contribution is -2.05. The van der Waals surface area contributed by atoms with Crippen molar-refractivity contribution < 1.29 is 9.57 Å². The first-order valence-corrected chi connectivity index (χ1v) is 5.30. The summed E-state index contributed by atoms with van der Waals surface area (Å²) in [5.41, 5.74) is 2.13. The lowest BCUT2D eigenvalue weighted by atomic mass is 10.0. The van der Waals surface area contributed by atoms with Crippen LogP contribution in [0.5, 0.6) is 0 Å². The Morgan fingerprint density at radius 3 is 2.60 bits per heavy atom. The minimum absolute atomic E-state index is 0.0291. The lowest BCUT2D eigenvalue weighted by molar-refractivity contribution is 0.0857. The third kappa shape index (κ3) is 1.85. The van der Waals surface area contributed by atoms with Gasteiger partial charge in [-0.2, -0.15) is 0 Å². The van der Waals surface area contributed by atoms with Gasteiger partial charge in [-0.05, 0) is 17.7 Å². The number of ether oxygens (including phenoxy) is 1. The Morgan fingerprint density at radius 1 is 1.20 bits per heavy atom. The zero-order valence-electron chi connectivity index (χ0n) is 8.02. The van der Waals surface area contributed by atoms with Crippen molar-refractivity contribution in [2.45, 2.75) is 18.6 Å². The van der Waals surface area contributed by atoms with Gasteiger partial charge in [0.25, 0.3) is 0 Å². The van der Waals surface area contributed by atoms with Crippen molar-refractivity contribution in [1.29, 1.82) is 0 Å². The Labute approximate surface area is 92.6 Å². The number of rotatable bonds is 2. The molecule has 78 valence electrons. The third-order valence-electron chi connectivity index (χ3n) is 2.64. The Kier molecular flexibility index (Phi) is 2.15. The Morgan fingerprint density at radius 2 is 1.93 bits per heavy atom. The van der Waals surface area contributed by atoms with Crippen LogP contribution in [0.25, 0.3) is 0 Å². The van der Waals surface area contributed by atoms with Gasteiger partial charge in [0.05, 0.1) is 12.3 Å². The lowest BCUT2D eigenvalue weighted by Gasteiger charge is -2.07. The van der Waals surface area contributed by atoms with Crippen molar-refractivity contribution in [2.75, 3.05) is 6.61 Å². The van der Waals surface area contributed by atoms with Crippen LogP contribution in [0.3, 0.4) is 0 Å². The van der Waals surface area contributed by atoms with Crippen LogP contribution >= 0.6 is 11.6 Å². The van der Waals surface area contributed by atoms with Gasteiger partial charge in [-0.15, -0.1) is 0 Å². The fourth-order valence-corrected chi connectivity index (χ4v) is 1.81. The molecular formula is C11H10ClNO2. The summed E-state index contributed by atoms with van der Waals surface area (Å²) in [6, 6.07) is 7.68. The molecule has 0 radical (unpaired) electrons. The van der Waals surface area contributed by atoms with E-state index in [2.05, 4.69) is 5.16 Å². The molecule has 0 saturated carbocycles. The average Bonchev–Trinajstić information content (AvgIpc) is 2.99. The highest BCUT2D eigenvalue weighted by Crippen LogP contribution is 2.31. The van der Waals surface area contributed by atoms with E-state index in [1.54, 1.807) is 0 Å². The number of halogens is 1. The largest absolute Gasteiger partial charge is 0.387 e. The smallest absolute Gasteiger partial charge is 0.158 e. The van der Waals surface area contributed by atoms with E-state index in [0.717, 1.165) is 29.3 Å². The topological polar surface area (TPSA) is 34.1 Å². The molecule has 0 aliphatic carbocycles. The van der Waals surface area contributed by atoms with Gasteiger partial charge >= 0.3 is 0 Å². The van der Waals surface area contributed by atoms with E-state index < -0.39 is 0 Å². The van der Waals surface area contributed by atoms with Crippen LogP contribution in [-0.2, 0) is 9.57 Å². The molecule has 0 amide bonds. The van der Waals surface area contributed by atoms with Crippen molar-refractivity contribution in [3.05, 3.63) is 34.9 Å². The van der Waals surface area contributed by atoms with Crippen molar-refractivity contribution in [2.24, 2.45) is 5.16 Å². The van der Waals surface area contributed by atoms with E-state index in [1.807, 2.05) is 24.3 Å². The molecule has 0 aromatic heterocycles. The van der Waals surface area contributed by atoms with Gasteiger partial charge in [-0.25, -0.2) is 0 Å². The number of oxime groups is 1. The van der Waals surface area contributed by atoms with E-state index >= 15 is 0 Å². The standard InChI is InChI=1S/C11H10ClNO2/c12-8-3-1-7(2-4-8)10-5-9(13-15-10)11-6-14-11/h1-4,10-11H,5-6H2/t10-,11+/m0/s1. The minimum atomic E-state index is 0.0291. The molecule has 0 N–H and O–H groups in total. The van der Waals surface area contributed by atoms with Crippen molar-refractivity contribution in [1.82, 2.24) is 0 Å². The van der Waals surface area contributed by atoms with Crippen LogP contribution in [-0.4, -0.2) is 18.4 Å². The monoisotopic (exact) mass is 223 g/mol. The number of benzene rings is 1. The predicted molar refractivity (Wildman–Crippen MR) is 57.1 cm³/mol. The number of epoxide rings is 1. The molecule has 3 nitrogen and oxygen atoms in total. The molecule has 2 heterocycles. The Balaban J connectivity index is 1.72. The van der Waals surface area contributed by atoms with Crippen LogP contribution in [0, 0.1) is 0 Å². The normalized spacial score (nSPS) is 28.5. The summed E-state index contributed by atoms with van der Waals surface area (Å²) in [6.45, 7) is 0.787. The summed E-state index contributed by atoms with van der Waals surface area (Å²) in [6.07, 6.45) is 1.07. The van der Waals surface area contributed by atoms with Gasteiger partial charge in [-0.3, -0.25) is 0 Å². The van der Waals surface area contributed by atoms with Crippen LogP contribution < -0.4 is 0 Å². The van der Waals surface area contributed by atoms with Crippen LogP contribution in [0.1, 0.15) is 18.1 Å². The highest BCUT2D eigenvalue weighted by Gasteiger charge is 2.35.